The maximum atomic E-state index is 12.3. The van der Waals surface area contributed by atoms with Crippen LogP contribution in [0.15, 0.2) is 53.2 Å². The number of fused-ring (bicyclic) bond motifs is 1. The maximum Gasteiger partial charge on any atom is 0.346 e. The van der Waals surface area contributed by atoms with Crippen molar-refractivity contribution in [3.8, 4) is 0 Å². The van der Waals surface area contributed by atoms with E-state index in [-0.39, 0.29) is 0 Å². The first-order valence-electron chi connectivity index (χ1n) is 6.01. The highest BCUT2D eigenvalue weighted by Gasteiger charge is 2.28. The van der Waals surface area contributed by atoms with E-state index in [0.717, 1.165) is 0 Å². The minimum Gasteiger partial charge on any atom is -0.304 e. The molecular formula is C13H10ClN3O3S. The third-order valence-corrected chi connectivity index (χ3v) is 4.72. The van der Waals surface area contributed by atoms with Crippen LogP contribution in [0.4, 0.5) is 10.5 Å². The Hall–Kier alpha value is -2.12. The van der Waals surface area contributed by atoms with Crippen LogP contribution >= 0.6 is 11.6 Å². The Morgan fingerprint density at radius 2 is 2.14 bits per heavy atom. The molecule has 0 bridgehead atoms. The molecule has 1 aliphatic heterocycles. The lowest BCUT2D eigenvalue weighted by Gasteiger charge is -2.16. The molecule has 1 aromatic carbocycles. The van der Waals surface area contributed by atoms with Crippen molar-refractivity contribution >= 4 is 39.1 Å². The van der Waals surface area contributed by atoms with E-state index in [0.29, 0.717) is 22.1 Å². The molecule has 0 radical (unpaired) electrons. The predicted molar refractivity (Wildman–Crippen MR) is 81.0 cm³/mol. The molecule has 0 spiro atoms. The summed E-state index contributed by atoms with van der Waals surface area (Å²) >= 11 is 5.82. The van der Waals surface area contributed by atoms with E-state index in [1.54, 1.807) is 18.2 Å². The second-order valence-corrected chi connectivity index (χ2v) is 6.76. The molecule has 108 valence electrons. The second-order valence-electron chi connectivity index (χ2n) is 4.49. The standard InChI is InChI=1S/C13H10ClN3O3S/c14-8-2-1-3-9(6-8)17-21(19,20)10-4-5-11-12(7-10)16-13(18)15-11/h1-7,10,17H,(H,16,18). The maximum absolute atomic E-state index is 12.3. The van der Waals surface area contributed by atoms with Crippen LogP contribution in [0.1, 0.15) is 0 Å². The van der Waals surface area contributed by atoms with E-state index < -0.39 is 21.3 Å². The topological polar surface area (TPSA) is 87.6 Å². The van der Waals surface area contributed by atoms with E-state index in [9.17, 15) is 13.2 Å². The van der Waals surface area contributed by atoms with Crippen LogP contribution in [0.2, 0.25) is 5.02 Å². The minimum atomic E-state index is -3.69. The number of carbonyl (C=O) groups excluding carboxylic acids is 1. The minimum absolute atomic E-state index is 0.379. The molecule has 0 aromatic heterocycles. The van der Waals surface area contributed by atoms with Crippen molar-refractivity contribution in [2.45, 2.75) is 5.25 Å². The lowest BCUT2D eigenvalue weighted by molar-refractivity contribution is 0.253. The predicted octanol–water partition coefficient (Wildman–Crippen LogP) is 2.07. The normalized spacial score (nSPS) is 20.4. The zero-order valence-electron chi connectivity index (χ0n) is 10.6. The van der Waals surface area contributed by atoms with Gasteiger partial charge in [-0.1, -0.05) is 23.7 Å². The smallest absolute Gasteiger partial charge is 0.304 e. The SMILES string of the molecule is O=C1N=C2C=CC(S(=O)(=O)Nc3cccc(Cl)c3)C=C2N1. The number of nitrogens with one attached hydrogen (secondary N) is 2. The number of halogens is 1. The second kappa shape index (κ2) is 5.01. The molecule has 2 N–H and O–H groups in total. The Balaban J connectivity index is 1.85. The number of hydrogen-bond donors (Lipinski definition) is 2. The number of aliphatic imine (C=N–C) groups is 1. The van der Waals surface area contributed by atoms with Gasteiger partial charge in [0, 0.05) is 10.7 Å². The number of rotatable bonds is 3. The molecule has 2 amide bonds. The first-order chi connectivity index (χ1) is 9.94. The summed E-state index contributed by atoms with van der Waals surface area (Å²) in [4.78, 5) is 14.8. The van der Waals surface area contributed by atoms with Crippen LogP contribution in [0.5, 0.6) is 0 Å². The van der Waals surface area contributed by atoms with Gasteiger partial charge in [-0.25, -0.2) is 13.2 Å². The first-order valence-corrected chi connectivity index (χ1v) is 7.94. The van der Waals surface area contributed by atoms with E-state index in [1.165, 1.54) is 24.3 Å². The Kier molecular flexibility index (Phi) is 3.30. The number of hydrogen-bond acceptors (Lipinski definition) is 3. The van der Waals surface area contributed by atoms with Crippen molar-refractivity contribution in [1.29, 1.82) is 0 Å². The van der Waals surface area contributed by atoms with Gasteiger partial charge in [-0.05, 0) is 30.4 Å². The Morgan fingerprint density at radius 3 is 2.90 bits per heavy atom. The Morgan fingerprint density at radius 1 is 1.33 bits per heavy atom. The highest BCUT2D eigenvalue weighted by Crippen LogP contribution is 2.21. The number of carbonyl (C=O) groups is 1. The number of nitrogens with zero attached hydrogens (tertiary/aromatic N) is 1. The van der Waals surface area contributed by atoms with E-state index in [1.807, 2.05) is 0 Å². The first kappa shape index (κ1) is 13.8. The van der Waals surface area contributed by atoms with Gasteiger partial charge < -0.3 is 5.32 Å². The summed E-state index contributed by atoms with van der Waals surface area (Å²) in [5, 5.41) is 2.02. The van der Waals surface area contributed by atoms with Crippen molar-refractivity contribution in [2.75, 3.05) is 4.72 Å². The molecular weight excluding hydrogens is 314 g/mol. The van der Waals surface area contributed by atoms with E-state index in [4.69, 9.17) is 11.6 Å². The van der Waals surface area contributed by atoms with Gasteiger partial charge in [0.25, 0.3) is 0 Å². The van der Waals surface area contributed by atoms with Gasteiger partial charge in [-0.15, -0.1) is 0 Å². The zero-order valence-corrected chi connectivity index (χ0v) is 12.1. The number of anilines is 1. The molecule has 1 atom stereocenters. The number of amides is 2. The van der Waals surface area contributed by atoms with Crippen LogP contribution in [0.3, 0.4) is 0 Å². The molecule has 1 aromatic rings. The monoisotopic (exact) mass is 323 g/mol. The molecule has 1 unspecified atom stereocenters. The quantitative estimate of drug-likeness (QED) is 0.892. The molecule has 2 aliphatic rings. The van der Waals surface area contributed by atoms with Crippen LogP contribution < -0.4 is 10.0 Å². The number of sulfonamides is 1. The lowest BCUT2D eigenvalue weighted by Crippen LogP contribution is -2.29. The third kappa shape index (κ3) is 2.84. The molecule has 1 heterocycles. The zero-order chi connectivity index (χ0) is 15.0. The van der Waals surface area contributed by atoms with Gasteiger partial charge in [0.15, 0.2) is 0 Å². The third-order valence-electron chi connectivity index (χ3n) is 2.96. The van der Waals surface area contributed by atoms with Crippen LogP contribution in [-0.4, -0.2) is 25.4 Å². The average Bonchev–Trinajstić information content (AvgIpc) is 2.77. The largest absolute Gasteiger partial charge is 0.346 e. The molecule has 0 saturated carbocycles. The molecule has 21 heavy (non-hydrogen) atoms. The van der Waals surface area contributed by atoms with Crippen molar-refractivity contribution in [3.63, 3.8) is 0 Å². The summed E-state index contributed by atoms with van der Waals surface area (Å²) in [5.74, 6) is 0. The fourth-order valence-electron chi connectivity index (χ4n) is 2.01. The van der Waals surface area contributed by atoms with E-state index >= 15 is 0 Å². The summed E-state index contributed by atoms with van der Waals surface area (Å²) in [6.45, 7) is 0. The fourth-order valence-corrected chi connectivity index (χ4v) is 3.40. The molecule has 8 heteroatoms. The fraction of sp³-hybridized carbons (Fsp3) is 0.0769. The average molecular weight is 324 g/mol. The molecule has 0 fully saturated rings. The van der Waals surface area contributed by atoms with Crippen LogP contribution in [-0.2, 0) is 10.0 Å². The molecule has 3 rings (SSSR count). The van der Waals surface area contributed by atoms with Gasteiger partial charge in [-0.3, -0.25) is 4.72 Å². The number of urea groups is 1. The number of benzene rings is 1. The van der Waals surface area contributed by atoms with Crippen molar-refractivity contribution in [2.24, 2.45) is 4.99 Å². The summed E-state index contributed by atoms with van der Waals surface area (Å²) in [5.41, 5.74) is 1.22. The van der Waals surface area contributed by atoms with Gasteiger partial charge in [0.05, 0.1) is 11.4 Å². The van der Waals surface area contributed by atoms with Crippen molar-refractivity contribution in [1.82, 2.24) is 5.32 Å². The highest BCUT2D eigenvalue weighted by molar-refractivity contribution is 7.93. The van der Waals surface area contributed by atoms with E-state index in [2.05, 4.69) is 15.0 Å². The summed E-state index contributed by atoms with van der Waals surface area (Å²) in [6.07, 6.45) is 4.42. The molecule has 0 saturated heterocycles. The van der Waals surface area contributed by atoms with Crippen LogP contribution in [0.25, 0.3) is 0 Å². The van der Waals surface area contributed by atoms with Crippen molar-refractivity contribution in [3.05, 3.63) is 53.2 Å². The lowest BCUT2D eigenvalue weighted by atomic mass is 10.1. The summed E-state index contributed by atoms with van der Waals surface area (Å²) < 4.78 is 27.1. The highest BCUT2D eigenvalue weighted by atomic mass is 35.5. The summed E-state index contributed by atoms with van der Waals surface area (Å²) in [7, 11) is -3.69. The van der Waals surface area contributed by atoms with Gasteiger partial charge >= 0.3 is 6.03 Å². The van der Waals surface area contributed by atoms with Gasteiger partial charge in [0.1, 0.15) is 5.25 Å². The van der Waals surface area contributed by atoms with Gasteiger partial charge in [0.2, 0.25) is 10.0 Å². The Bertz CT molecular complexity index is 812. The number of allylic oxidation sites excluding steroid dienone is 1. The molecule has 6 nitrogen and oxygen atoms in total. The van der Waals surface area contributed by atoms with Crippen molar-refractivity contribution < 1.29 is 13.2 Å². The summed E-state index contributed by atoms with van der Waals surface area (Å²) in [6, 6.07) is 5.92. The van der Waals surface area contributed by atoms with Crippen LogP contribution in [0, 0.1) is 0 Å². The molecule has 1 aliphatic carbocycles. The van der Waals surface area contributed by atoms with Gasteiger partial charge in [-0.2, -0.15) is 4.99 Å². The Labute approximate surface area is 126 Å².